The second-order valence-electron chi connectivity index (χ2n) is 5.66. The van der Waals surface area contributed by atoms with Crippen molar-refractivity contribution in [2.75, 3.05) is 0 Å². The number of amides is 1. The van der Waals surface area contributed by atoms with Crippen LogP contribution in [0.15, 0.2) is 54.6 Å². The van der Waals surface area contributed by atoms with Crippen molar-refractivity contribution >= 4 is 18.3 Å². The molecule has 1 amide bonds. The number of nitrogens with two attached hydrogens (primary N) is 1. The minimum atomic E-state index is -0.190. The van der Waals surface area contributed by atoms with E-state index in [1.807, 2.05) is 42.5 Å². The number of nitrogens with one attached hydrogen (secondary N) is 1. The van der Waals surface area contributed by atoms with Gasteiger partial charge >= 0.3 is 0 Å². The first kappa shape index (κ1) is 16.5. The summed E-state index contributed by atoms with van der Waals surface area (Å²) in [5.41, 5.74) is 8.32. The van der Waals surface area contributed by atoms with Gasteiger partial charge in [0.25, 0.3) is 5.91 Å². The van der Waals surface area contributed by atoms with E-state index in [0.29, 0.717) is 12.1 Å². The average molecular weight is 317 g/mol. The van der Waals surface area contributed by atoms with Crippen LogP contribution >= 0.6 is 12.4 Å². The van der Waals surface area contributed by atoms with Gasteiger partial charge in [0.1, 0.15) is 0 Å². The predicted molar refractivity (Wildman–Crippen MR) is 91.0 cm³/mol. The van der Waals surface area contributed by atoms with Crippen LogP contribution in [0.4, 0.5) is 0 Å². The van der Waals surface area contributed by atoms with E-state index in [0.717, 1.165) is 24.8 Å². The van der Waals surface area contributed by atoms with Crippen LogP contribution in [-0.2, 0) is 12.1 Å². The molecule has 3 rings (SSSR count). The molecule has 0 aromatic heterocycles. The molecule has 0 aliphatic heterocycles. The van der Waals surface area contributed by atoms with E-state index in [1.54, 1.807) is 0 Å². The van der Waals surface area contributed by atoms with Gasteiger partial charge in [0, 0.05) is 12.1 Å². The molecule has 2 aromatic carbocycles. The molecule has 0 atom stereocenters. The molecule has 0 bridgehead atoms. The molecule has 1 aliphatic rings. The van der Waals surface area contributed by atoms with Crippen LogP contribution < -0.4 is 11.1 Å². The molecule has 0 spiro atoms. The maximum absolute atomic E-state index is 12.5. The van der Waals surface area contributed by atoms with E-state index >= 15 is 0 Å². The van der Waals surface area contributed by atoms with Gasteiger partial charge in [-0.15, -0.1) is 12.4 Å². The Morgan fingerprint density at radius 1 is 1.05 bits per heavy atom. The van der Waals surface area contributed by atoms with Crippen LogP contribution in [0.2, 0.25) is 0 Å². The molecule has 2 aromatic rings. The third-order valence-electron chi connectivity index (χ3n) is 4.34. The second kappa shape index (κ2) is 6.95. The molecule has 1 aliphatic carbocycles. The Kier molecular flexibility index (Phi) is 5.22. The molecule has 3 nitrogen and oxygen atoms in total. The summed E-state index contributed by atoms with van der Waals surface area (Å²) in [5.74, 6) is -0.0119. The largest absolute Gasteiger partial charge is 0.343 e. The van der Waals surface area contributed by atoms with E-state index in [1.165, 1.54) is 5.56 Å². The smallest absolute Gasteiger partial charge is 0.251 e. The summed E-state index contributed by atoms with van der Waals surface area (Å²) >= 11 is 0. The summed E-state index contributed by atoms with van der Waals surface area (Å²) in [7, 11) is 0. The zero-order valence-electron chi connectivity index (χ0n) is 12.4. The Morgan fingerprint density at radius 3 is 2.18 bits per heavy atom. The fourth-order valence-corrected chi connectivity index (χ4v) is 2.86. The molecule has 0 saturated heterocycles. The highest BCUT2D eigenvalue weighted by atomic mass is 35.5. The number of halogens is 1. The number of carbonyl (C=O) groups is 1. The van der Waals surface area contributed by atoms with Gasteiger partial charge in [0.05, 0.1) is 5.54 Å². The lowest BCUT2D eigenvalue weighted by molar-refractivity contribution is 0.0823. The van der Waals surface area contributed by atoms with Crippen LogP contribution in [0.25, 0.3) is 0 Å². The lowest BCUT2D eigenvalue weighted by Gasteiger charge is -2.43. The van der Waals surface area contributed by atoms with Crippen molar-refractivity contribution in [2.24, 2.45) is 5.73 Å². The fourth-order valence-electron chi connectivity index (χ4n) is 2.86. The topological polar surface area (TPSA) is 55.1 Å². The monoisotopic (exact) mass is 316 g/mol. The fraction of sp³-hybridized carbons (Fsp3) is 0.278. The van der Waals surface area contributed by atoms with E-state index in [2.05, 4.69) is 17.4 Å². The first-order chi connectivity index (χ1) is 10.2. The predicted octanol–water partition coefficient (Wildman–Crippen LogP) is 3.38. The molecular weight excluding hydrogens is 296 g/mol. The summed E-state index contributed by atoms with van der Waals surface area (Å²) in [6.45, 7) is 0.496. The third-order valence-corrected chi connectivity index (χ3v) is 4.34. The second-order valence-corrected chi connectivity index (χ2v) is 5.66. The van der Waals surface area contributed by atoms with Gasteiger partial charge in [-0.05, 0) is 42.5 Å². The molecule has 1 fully saturated rings. The highest BCUT2D eigenvalue weighted by molar-refractivity contribution is 5.94. The zero-order chi connectivity index (χ0) is 14.7. The Hall–Kier alpha value is -1.84. The van der Waals surface area contributed by atoms with Crippen molar-refractivity contribution in [2.45, 2.75) is 31.3 Å². The lowest BCUT2D eigenvalue weighted by atomic mass is 9.71. The van der Waals surface area contributed by atoms with E-state index in [4.69, 9.17) is 5.73 Å². The zero-order valence-corrected chi connectivity index (χ0v) is 13.2. The summed E-state index contributed by atoms with van der Waals surface area (Å²) in [4.78, 5) is 12.5. The average Bonchev–Trinajstić information content (AvgIpc) is 2.51. The molecule has 1 saturated carbocycles. The quantitative estimate of drug-likeness (QED) is 0.908. The van der Waals surface area contributed by atoms with Crippen LogP contribution in [0, 0.1) is 0 Å². The minimum Gasteiger partial charge on any atom is -0.343 e. The summed E-state index contributed by atoms with van der Waals surface area (Å²) in [6, 6.07) is 17.7. The normalized spacial score (nSPS) is 15.3. The molecule has 3 N–H and O–H groups in total. The Bertz CT molecular complexity index is 621. The van der Waals surface area contributed by atoms with E-state index in [9.17, 15) is 4.79 Å². The van der Waals surface area contributed by atoms with Gasteiger partial charge in [-0.1, -0.05) is 42.5 Å². The number of hydrogen-bond acceptors (Lipinski definition) is 2. The van der Waals surface area contributed by atoms with Crippen LogP contribution in [-0.4, -0.2) is 5.91 Å². The van der Waals surface area contributed by atoms with Crippen molar-refractivity contribution in [3.63, 3.8) is 0 Å². The maximum Gasteiger partial charge on any atom is 0.251 e. The molecule has 4 heteroatoms. The van der Waals surface area contributed by atoms with Crippen molar-refractivity contribution in [1.29, 1.82) is 0 Å². The molecular formula is C18H21ClN2O. The van der Waals surface area contributed by atoms with Crippen LogP contribution in [0.1, 0.15) is 40.7 Å². The Morgan fingerprint density at radius 2 is 1.68 bits per heavy atom. The van der Waals surface area contributed by atoms with Gasteiger partial charge in [0.15, 0.2) is 0 Å². The standard InChI is InChI=1S/C18H20N2O.ClH/c19-13-14-7-9-15(10-8-14)17(21)20-18(11-4-12-18)16-5-2-1-3-6-16;/h1-3,5-10H,4,11-13,19H2,(H,20,21);1H. The summed E-state index contributed by atoms with van der Waals surface area (Å²) < 4.78 is 0. The van der Waals surface area contributed by atoms with Crippen LogP contribution in [0.5, 0.6) is 0 Å². The van der Waals surface area contributed by atoms with Crippen molar-refractivity contribution in [3.8, 4) is 0 Å². The molecule has 116 valence electrons. The van der Waals surface area contributed by atoms with Crippen LogP contribution in [0.3, 0.4) is 0 Å². The molecule has 0 heterocycles. The SMILES string of the molecule is Cl.NCc1ccc(C(=O)NC2(c3ccccc3)CCC2)cc1. The number of rotatable bonds is 4. The molecule has 0 radical (unpaired) electrons. The number of hydrogen-bond donors (Lipinski definition) is 2. The van der Waals surface area contributed by atoms with Gasteiger partial charge in [-0.3, -0.25) is 4.79 Å². The number of benzene rings is 2. The van der Waals surface area contributed by atoms with Gasteiger partial charge in [0.2, 0.25) is 0 Å². The number of carbonyl (C=O) groups excluding carboxylic acids is 1. The lowest BCUT2D eigenvalue weighted by Crippen LogP contribution is -2.50. The van der Waals surface area contributed by atoms with Gasteiger partial charge in [-0.25, -0.2) is 0 Å². The minimum absolute atomic E-state index is 0. The van der Waals surface area contributed by atoms with Crippen molar-refractivity contribution < 1.29 is 4.79 Å². The molecule has 22 heavy (non-hydrogen) atoms. The van der Waals surface area contributed by atoms with Gasteiger partial charge < -0.3 is 11.1 Å². The van der Waals surface area contributed by atoms with E-state index in [-0.39, 0.29) is 23.9 Å². The first-order valence-electron chi connectivity index (χ1n) is 7.41. The van der Waals surface area contributed by atoms with E-state index < -0.39 is 0 Å². The third kappa shape index (κ3) is 3.16. The van der Waals surface area contributed by atoms with Crippen molar-refractivity contribution in [1.82, 2.24) is 5.32 Å². The summed E-state index contributed by atoms with van der Waals surface area (Å²) in [6.07, 6.45) is 3.16. The molecule has 0 unspecified atom stereocenters. The van der Waals surface area contributed by atoms with Crippen molar-refractivity contribution in [3.05, 3.63) is 71.3 Å². The summed E-state index contributed by atoms with van der Waals surface area (Å²) in [5, 5.41) is 3.23. The first-order valence-corrected chi connectivity index (χ1v) is 7.41. The highest BCUT2D eigenvalue weighted by Crippen LogP contribution is 2.41. The highest BCUT2D eigenvalue weighted by Gasteiger charge is 2.39. The van der Waals surface area contributed by atoms with Gasteiger partial charge in [-0.2, -0.15) is 0 Å². The Labute approximate surface area is 137 Å². The maximum atomic E-state index is 12.5. The Balaban J connectivity index is 0.00000176.